The molecule has 1 aliphatic rings. The minimum atomic E-state index is -2.96. The maximum absolute atomic E-state index is 11.6. The number of carbonyl (C=O) groups is 1. The van der Waals surface area contributed by atoms with E-state index in [9.17, 15) is 13.2 Å². The van der Waals surface area contributed by atoms with Gasteiger partial charge in [-0.1, -0.05) is 6.08 Å². The van der Waals surface area contributed by atoms with Gasteiger partial charge in [0.15, 0.2) is 14.9 Å². The fourth-order valence-corrected chi connectivity index (χ4v) is 3.58. The maximum atomic E-state index is 11.6. The maximum Gasteiger partial charge on any atom is 0.222 e. The standard InChI is InChI=1S/C11H19N3O3S2/c1-2-5-12-11(18)13-6-3-10(15)14-9-4-7-19(16,17)8-9/h2,9H,1,3-8H2,(H,14,15)(H2,12,13,18). The molecule has 3 N–H and O–H groups in total. The molecule has 1 rings (SSSR count). The molecule has 1 heterocycles. The molecular weight excluding hydrogens is 286 g/mol. The number of hydrogen-bond acceptors (Lipinski definition) is 4. The molecule has 0 spiro atoms. The van der Waals surface area contributed by atoms with Gasteiger partial charge in [0, 0.05) is 25.6 Å². The van der Waals surface area contributed by atoms with Gasteiger partial charge in [-0.15, -0.1) is 6.58 Å². The summed E-state index contributed by atoms with van der Waals surface area (Å²) in [6.45, 7) is 4.53. The monoisotopic (exact) mass is 305 g/mol. The summed E-state index contributed by atoms with van der Waals surface area (Å²) in [5.74, 6) is 0.0400. The van der Waals surface area contributed by atoms with Crippen LogP contribution in [-0.4, -0.2) is 50.1 Å². The summed E-state index contributed by atoms with van der Waals surface area (Å²) < 4.78 is 22.5. The second kappa shape index (κ2) is 7.44. The predicted molar refractivity (Wildman–Crippen MR) is 78.6 cm³/mol. The van der Waals surface area contributed by atoms with E-state index in [4.69, 9.17) is 12.2 Å². The van der Waals surface area contributed by atoms with E-state index < -0.39 is 9.84 Å². The second-order valence-electron chi connectivity index (χ2n) is 4.34. The minimum Gasteiger partial charge on any atom is -0.362 e. The first-order valence-electron chi connectivity index (χ1n) is 6.05. The number of hydrogen-bond donors (Lipinski definition) is 3. The van der Waals surface area contributed by atoms with Crippen LogP contribution < -0.4 is 16.0 Å². The van der Waals surface area contributed by atoms with E-state index in [1.165, 1.54) is 0 Å². The number of amides is 1. The van der Waals surface area contributed by atoms with Crippen LogP contribution in [0.15, 0.2) is 12.7 Å². The smallest absolute Gasteiger partial charge is 0.222 e. The van der Waals surface area contributed by atoms with Gasteiger partial charge >= 0.3 is 0 Å². The van der Waals surface area contributed by atoms with Crippen molar-refractivity contribution in [2.75, 3.05) is 24.6 Å². The molecule has 0 aromatic heterocycles. The van der Waals surface area contributed by atoms with Crippen LogP contribution in [0, 0.1) is 0 Å². The average molecular weight is 305 g/mol. The molecular formula is C11H19N3O3S2. The lowest BCUT2D eigenvalue weighted by molar-refractivity contribution is -0.121. The van der Waals surface area contributed by atoms with E-state index >= 15 is 0 Å². The first kappa shape index (κ1) is 15.9. The summed E-state index contributed by atoms with van der Waals surface area (Å²) in [4.78, 5) is 11.6. The minimum absolute atomic E-state index is 0.0471. The number of rotatable bonds is 6. The van der Waals surface area contributed by atoms with Gasteiger partial charge in [-0.05, 0) is 18.6 Å². The Balaban J connectivity index is 2.15. The molecule has 108 valence electrons. The summed E-state index contributed by atoms with van der Waals surface area (Å²) in [6, 6.07) is -0.247. The van der Waals surface area contributed by atoms with Crippen LogP contribution >= 0.6 is 12.2 Å². The molecule has 1 saturated heterocycles. The molecule has 1 aliphatic heterocycles. The summed E-state index contributed by atoms with van der Waals surface area (Å²) in [5, 5.41) is 8.95. The molecule has 0 bridgehead atoms. The van der Waals surface area contributed by atoms with Gasteiger partial charge in [-0.3, -0.25) is 4.79 Å². The van der Waals surface area contributed by atoms with Crippen molar-refractivity contribution in [2.45, 2.75) is 18.9 Å². The number of nitrogens with one attached hydrogen (secondary N) is 3. The van der Waals surface area contributed by atoms with Crippen molar-refractivity contribution >= 4 is 33.1 Å². The Labute approximate surface area is 118 Å². The number of thiocarbonyl (C=S) groups is 1. The molecule has 0 radical (unpaired) electrons. The van der Waals surface area contributed by atoms with E-state index in [1.54, 1.807) is 6.08 Å². The molecule has 1 atom stereocenters. The SMILES string of the molecule is C=CCNC(=S)NCCC(=O)NC1CCS(=O)(=O)C1. The summed E-state index contributed by atoms with van der Waals surface area (Å²) in [5.41, 5.74) is 0. The van der Waals surface area contributed by atoms with Gasteiger partial charge in [-0.25, -0.2) is 8.42 Å². The summed E-state index contributed by atoms with van der Waals surface area (Å²) in [6.07, 6.45) is 2.44. The highest BCUT2D eigenvalue weighted by Crippen LogP contribution is 2.11. The number of carbonyl (C=O) groups excluding carboxylic acids is 1. The molecule has 1 unspecified atom stereocenters. The van der Waals surface area contributed by atoms with Crippen LogP contribution in [0.4, 0.5) is 0 Å². The highest BCUT2D eigenvalue weighted by atomic mass is 32.2. The zero-order chi connectivity index (χ0) is 14.3. The Kier molecular flexibility index (Phi) is 6.23. The van der Waals surface area contributed by atoms with E-state index in [2.05, 4.69) is 22.5 Å². The molecule has 1 amide bonds. The second-order valence-corrected chi connectivity index (χ2v) is 6.98. The molecule has 0 aromatic carbocycles. The van der Waals surface area contributed by atoms with E-state index in [-0.39, 0.29) is 29.9 Å². The Morgan fingerprint density at radius 3 is 2.74 bits per heavy atom. The zero-order valence-electron chi connectivity index (χ0n) is 10.6. The van der Waals surface area contributed by atoms with Crippen molar-refractivity contribution in [3.05, 3.63) is 12.7 Å². The van der Waals surface area contributed by atoms with Gasteiger partial charge in [0.05, 0.1) is 11.5 Å². The third kappa shape index (κ3) is 6.53. The van der Waals surface area contributed by atoms with Crippen molar-refractivity contribution < 1.29 is 13.2 Å². The van der Waals surface area contributed by atoms with Crippen LogP contribution in [0.2, 0.25) is 0 Å². The van der Waals surface area contributed by atoms with Crippen LogP contribution in [0.25, 0.3) is 0 Å². The average Bonchev–Trinajstić information content (AvgIpc) is 2.66. The van der Waals surface area contributed by atoms with Crippen LogP contribution in [0.5, 0.6) is 0 Å². The van der Waals surface area contributed by atoms with Crippen molar-refractivity contribution in [1.82, 2.24) is 16.0 Å². The third-order valence-corrected chi connectivity index (χ3v) is 4.70. The Morgan fingerprint density at radius 1 is 1.42 bits per heavy atom. The Morgan fingerprint density at radius 2 is 2.16 bits per heavy atom. The quantitative estimate of drug-likeness (QED) is 0.446. The van der Waals surface area contributed by atoms with Gasteiger partial charge in [0.2, 0.25) is 5.91 Å². The first-order chi connectivity index (χ1) is 8.93. The van der Waals surface area contributed by atoms with Crippen molar-refractivity contribution in [2.24, 2.45) is 0 Å². The predicted octanol–water partition coefficient (Wildman–Crippen LogP) is -0.670. The zero-order valence-corrected chi connectivity index (χ0v) is 12.3. The lowest BCUT2D eigenvalue weighted by atomic mass is 10.2. The molecule has 0 aliphatic carbocycles. The Bertz CT molecular complexity index is 448. The Hall–Kier alpha value is -1.15. The molecule has 0 saturated carbocycles. The lowest BCUT2D eigenvalue weighted by Gasteiger charge is -2.12. The number of sulfone groups is 1. The van der Waals surface area contributed by atoms with Crippen LogP contribution in [0.3, 0.4) is 0 Å². The van der Waals surface area contributed by atoms with Gasteiger partial charge in [-0.2, -0.15) is 0 Å². The highest BCUT2D eigenvalue weighted by Gasteiger charge is 2.28. The van der Waals surface area contributed by atoms with Crippen molar-refractivity contribution in [1.29, 1.82) is 0 Å². The molecule has 6 nitrogen and oxygen atoms in total. The lowest BCUT2D eigenvalue weighted by Crippen LogP contribution is -2.40. The fraction of sp³-hybridized carbons (Fsp3) is 0.636. The van der Waals surface area contributed by atoms with Gasteiger partial charge in [0.1, 0.15) is 0 Å². The summed E-state index contributed by atoms with van der Waals surface area (Å²) >= 11 is 4.96. The molecule has 19 heavy (non-hydrogen) atoms. The van der Waals surface area contributed by atoms with Crippen LogP contribution in [0.1, 0.15) is 12.8 Å². The molecule has 8 heteroatoms. The van der Waals surface area contributed by atoms with Crippen molar-refractivity contribution in [3.63, 3.8) is 0 Å². The van der Waals surface area contributed by atoms with Crippen LogP contribution in [-0.2, 0) is 14.6 Å². The van der Waals surface area contributed by atoms with E-state index in [0.717, 1.165) is 0 Å². The third-order valence-electron chi connectivity index (χ3n) is 2.64. The normalized spacial score (nSPS) is 20.5. The van der Waals surface area contributed by atoms with Crippen molar-refractivity contribution in [3.8, 4) is 0 Å². The molecule has 1 fully saturated rings. The highest BCUT2D eigenvalue weighted by molar-refractivity contribution is 7.91. The molecule has 0 aromatic rings. The fourth-order valence-electron chi connectivity index (χ4n) is 1.73. The largest absolute Gasteiger partial charge is 0.362 e. The van der Waals surface area contributed by atoms with E-state index in [0.29, 0.717) is 24.6 Å². The topological polar surface area (TPSA) is 87.3 Å². The first-order valence-corrected chi connectivity index (χ1v) is 8.28. The van der Waals surface area contributed by atoms with Gasteiger partial charge in [0.25, 0.3) is 0 Å². The van der Waals surface area contributed by atoms with Gasteiger partial charge < -0.3 is 16.0 Å². The summed E-state index contributed by atoms with van der Waals surface area (Å²) in [7, 11) is -2.96. The van der Waals surface area contributed by atoms with E-state index in [1.807, 2.05) is 0 Å².